The summed E-state index contributed by atoms with van der Waals surface area (Å²) in [6.45, 7) is 3.08. The number of nitrogens with zero attached hydrogens (tertiary/aromatic N) is 1. The van der Waals surface area contributed by atoms with Gasteiger partial charge in [0.25, 0.3) is 0 Å². The zero-order valence-corrected chi connectivity index (χ0v) is 16.6. The van der Waals surface area contributed by atoms with E-state index in [0.29, 0.717) is 5.75 Å². The molecule has 0 amide bonds. The van der Waals surface area contributed by atoms with Crippen molar-refractivity contribution in [3.63, 3.8) is 0 Å². The van der Waals surface area contributed by atoms with Crippen LogP contribution < -0.4 is 4.74 Å². The van der Waals surface area contributed by atoms with Crippen molar-refractivity contribution >= 4 is 27.8 Å². The molecule has 0 aliphatic heterocycles. The van der Waals surface area contributed by atoms with E-state index in [4.69, 9.17) is 14.8 Å². The number of benzene rings is 3. The van der Waals surface area contributed by atoms with E-state index in [1.165, 1.54) is 16.3 Å². The zero-order valence-electron chi connectivity index (χ0n) is 16.6. The summed E-state index contributed by atoms with van der Waals surface area (Å²) < 4.78 is 5.54. The lowest BCUT2D eigenvalue weighted by Gasteiger charge is -2.21. The molecule has 1 heterocycles. The fourth-order valence-corrected chi connectivity index (χ4v) is 3.39. The van der Waals surface area contributed by atoms with E-state index in [0.717, 1.165) is 36.1 Å². The van der Waals surface area contributed by atoms with Crippen molar-refractivity contribution in [1.82, 2.24) is 9.97 Å². The first-order valence-electron chi connectivity index (χ1n) is 9.79. The number of carboxylic acids is 1. The summed E-state index contributed by atoms with van der Waals surface area (Å²) >= 11 is 0. The normalized spacial score (nSPS) is 11.8. The Morgan fingerprint density at radius 3 is 2.41 bits per heavy atom. The molecule has 0 saturated heterocycles. The molecular formula is C24H24N2O3. The molecule has 3 aromatic carbocycles. The molecule has 29 heavy (non-hydrogen) atoms. The van der Waals surface area contributed by atoms with Crippen LogP contribution in [0.2, 0.25) is 0 Å². The van der Waals surface area contributed by atoms with Crippen molar-refractivity contribution in [2.75, 3.05) is 0 Å². The maximum atomic E-state index is 11.2. The molecule has 0 radical (unpaired) electrons. The van der Waals surface area contributed by atoms with Crippen molar-refractivity contribution in [1.29, 1.82) is 0 Å². The number of ether oxygens (including phenoxy) is 1. The summed E-state index contributed by atoms with van der Waals surface area (Å²) in [7, 11) is 0. The van der Waals surface area contributed by atoms with Crippen molar-refractivity contribution in [3.05, 3.63) is 72.1 Å². The molecular weight excluding hydrogens is 364 g/mol. The van der Waals surface area contributed by atoms with Gasteiger partial charge < -0.3 is 14.8 Å². The van der Waals surface area contributed by atoms with E-state index in [1.807, 2.05) is 36.4 Å². The quantitative estimate of drug-likeness (QED) is 0.460. The molecule has 0 bridgehead atoms. The number of fused-ring (bicyclic) bond motifs is 2. The lowest BCUT2D eigenvalue weighted by molar-refractivity contribution is -0.152. The zero-order chi connectivity index (χ0) is 20.4. The average Bonchev–Trinajstić information content (AvgIpc) is 3.08. The number of hydrogen-bond acceptors (Lipinski definition) is 3. The molecule has 0 fully saturated rings. The predicted molar refractivity (Wildman–Crippen MR) is 114 cm³/mol. The van der Waals surface area contributed by atoms with Gasteiger partial charge in [0, 0.05) is 6.42 Å². The molecule has 4 rings (SSSR count). The van der Waals surface area contributed by atoms with E-state index >= 15 is 0 Å². The number of carbonyl (C=O) groups is 1. The minimum Gasteiger partial charge on any atom is -0.478 e. The van der Waals surface area contributed by atoms with Crippen LogP contribution in [0.5, 0.6) is 5.75 Å². The third-order valence-corrected chi connectivity index (χ3v) is 5.09. The van der Waals surface area contributed by atoms with Gasteiger partial charge in [-0.25, -0.2) is 9.78 Å². The predicted octanol–water partition coefficient (Wildman–Crippen LogP) is 5.13. The smallest absolute Gasteiger partial charge is 0.347 e. The van der Waals surface area contributed by atoms with Gasteiger partial charge in [-0.15, -0.1) is 0 Å². The third-order valence-electron chi connectivity index (χ3n) is 5.09. The van der Waals surface area contributed by atoms with Gasteiger partial charge in [0.15, 0.2) is 5.60 Å². The lowest BCUT2D eigenvalue weighted by atomic mass is 10.1. The molecule has 0 aliphatic rings. The van der Waals surface area contributed by atoms with Crippen LogP contribution in [0.4, 0.5) is 0 Å². The SMILES string of the molecule is CC(C)(Oc1ccc(CCCc2nc3cc4ccccc4cc3[nH]2)cc1)C(=O)O. The Bertz CT molecular complexity index is 1110. The van der Waals surface area contributed by atoms with Gasteiger partial charge in [0.2, 0.25) is 0 Å². The fraction of sp³-hybridized carbons (Fsp3) is 0.250. The standard InChI is InChI=1S/C24H24N2O3/c1-24(2,23(27)28)29-19-12-10-16(11-13-19)6-5-9-22-25-20-14-17-7-3-4-8-18(17)15-21(20)26-22/h3-4,7-8,10-15H,5-6,9H2,1-2H3,(H,25,26)(H,27,28). The number of aryl methyl sites for hydroxylation is 2. The van der Waals surface area contributed by atoms with Crippen molar-refractivity contribution in [2.45, 2.75) is 38.7 Å². The van der Waals surface area contributed by atoms with Gasteiger partial charge in [0.1, 0.15) is 11.6 Å². The maximum Gasteiger partial charge on any atom is 0.347 e. The molecule has 0 atom stereocenters. The maximum absolute atomic E-state index is 11.2. The molecule has 2 N–H and O–H groups in total. The largest absolute Gasteiger partial charge is 0.478 e. The number of rotatable bonds is 7. The van der Waals surface area contributed by atoms with Gasteiger partial charge >= 0.3 is 5.97 Å². The Balaban J connectivity index is 1.37. The van der Waals surface area contributed by atoms with Crippen molar-refractivity contribution < 1.29 is 14.6 Å². The summed E-state index contributed by atoms with van der Waals surface area (Å²) in [6.07, 6.45) is 2.76. The first-order valence-corrected chi connectivity index (χ1v) is 9.79. The van der Waals surface area contributed by atoms with Gasteiger partial charge in [0.05, 0.1) is 11.0 Å². The van der Waals surface area contributed by atoms with Gasteiger partial charge in [-0.2, -0.15) is 0 Å². The second-order valence-corrected chi connectivity index (χ2v) is 7.82. The average molecular weight is 388 g/mol. The highest BCUT2D eigenvalue weighted by molar-refractivity contribution is 5.95. The number of nitrogens with one attached hydrogen (secondary N) is 1. The topological polar surface area (TPSA) is 75.2 Å². The lowest BCUT2D eigenvalue weighted by Crippen LogP contribution is -2.37. The minimum absolute atomic E-state index is 0.561. The van der Waals surface area contributed by atoms with Crippen molar-refractivity contribution in [2.24, 2.45) is 0 Å². The summed E-state index contributed by atoms with van der Waals surface area (Å²) in [4.78, 5) is 19.3. The van der Waals surface area contributed by atoms with E-state index in [1.54, 1.807) is 13.8 Å². The van der Waals surface area contributed by atoms with Crippen LogP contribution in [0.15, 0.2) is 60.7 Å². The molecule has 0 saturated carbocycles. The highest BCUT2D eigenvalue weighted by Crippen LogP contribution is 2.22. The van der Waals surface area contributed by atoms with Crippen LogP contribution in [-0.4, -0.2) is 26.6 Å². The minimum atomic E-state index is -1.24. The number of aromatic amines is 1. The highest BCUT2D eigenvalue weighted by Gasteiger charge is 2.29. The number of carboxylic acid groups (broad SMARTS) is 1. The monoisotopic (exact) mass is 388 g/mol. The second kappa shape index (κ2) is 7.59. The van der Waals surface area contributed by atoms with Crippen LogP contribution in [0.25, 0.3) is 21.8 Å². The van der Waals surface area contributed by atoms with E-state index in [-0.39, 0.29) is 0 Å². The number of aliphatic carboxylic acids is 1. The first-order chi connectivity index (χ1) is 13.9. The van der Waals surface area contributed by atoms with Crippen LogP contribution >= 0.6 is 0 Å². The molecule has 0 spiro atoms. The van der Waals surface area contributed by atoms with Crippen LogP contribution in [0, 0.1) is 0 Å². The number of H-pyrrole nitrogens is 1. The highest BCUT2D eigenvalue weighted by atomic mass is 16.5. The Labute approximate surface area is 169 Å². The number of aromatic nitrogens is 2. The number of imidazole rings is 1. The van der Waals surface area contributed by atoms with Crippen LogP contribution in [0.3, 0.4) is 0 Å². The van der Waals surface area contributed by atoms with Crippen molar-refractivity contribution in [3.8, 4) is 5.75 Å². The van der Waals surface area contributed by atoms with Crippen LogP contribution in [-0.2, 0) is 17.6 Å². The summed E-state index contributed by atoms with van der Waals surface area (Å²) in [5, 5.41) is 11.6. The Kier molecular flexibility index (Phi) is 4.97. The summed E-state index contributed by atoms with van der Waals surface area (Å²) in [5.74, 6) is 0.573. The van der Waals surface area contributed by atoms with E-state index in [2.05, 4.69) is 29.2 Å². The van der Waals surface area contributed by atoms with E-state index in [9.17, 15) is 4.79 Å². The first kappa shape index (κ1) is 19.0. The van der Waals surface area contributed by atoms with Gasteiger partial charge in [-0.1, -0.05) is 36.4 Å². The Morgan fingerprint density at radius 2 is 1.72 bits per heavy atom. The summed E-state index contributed by atoms with van der Waals surface area (Å²) in [6, 6.07) is 20.2. The second-order valence-electron chi connectivity index (χ2n) is 7.82. The molecule has 148 valence electrons. The van der Waals surface area contributed by atoms with E-state index < -0.39 is 11.6 Å². The molecule has 0 unspecified atom stereocenters. The van der Waals surface area contributed by atoms with Gasteiger partial charge in [-0.05, 0) is 67.3 Å². The van der Waals surface area contributed by atoms with Gasteiger partial charge in [-0.3, -0.25) is 0 Å². The molecule has 5 heteroatoms. The third kappa shape index (κ3) is 4.24. The fourth-order valence-electron chi connectivity index (χ4n) is 3.39. The molecule has 4 aromatic rings. The molecule has 5 nitrogen and oxygen atoms in total. The number of hydrogen-bond donors (Lipinski definition) is 2. The Morgan fingerprint density at radius 1 is 1.03 bits per heavy atom. The van der Waals surface area contributed by atoms with Crippen LogP contribution in [0.1, 0.15) is 31.7 Å². The molecule has 1 aromatic heterocycles. The molecule has 0 aliphatic carbocycles. The Hall–Kier alpha value is -3.34. The summed E-state index contributed by atoms with van der Waals surface area (Å²) in [5.41, 5.74) is 2.02.